The van der Waals surface area contributed by atoms with Crippen molar-refractivity contribution in [2.75, 3.05) is 33.4 Å². The summed E-state index contributed by atoms with van der Waals surface area (Å²) < 4.78 is 37.2. The first kappa shape index (κ1) is 17.5. The summed E-state index contributed by atoms with van der Waals surface area (Å²) >= 11 is 0. The van der Waals surface area contributed by atoms with Crippen molar-refractivity contribution in [3.8, 4) is 11.5 Å². The Bertz CT molecular complexity index is 542. The molecule has 128 valence electrons. The summed E-state index contributed by atoms with van der Waals surface area (Å²) in [6.45, 7) is 0.943. The molecule has 1 heterocycles. The topological polar surface area (TPSA) is 64.8 Å². The van der Waals surface area contributed by atoms with Crippen LogP contribution in [0.2, 0.25) is 0 Å². The third-order valence-corrected chi connectivity index (χ3v) is 3.81. The summed E-state index contributed by atoms with van der Waals surface area (Å²) in [6, 6.07) is 4.92. The zero-order valence-corrected chi connectivity index (χ0v) is 13.2. The predicted octanol–water partition coefficient (Wildman–Crippen LogP) is 2.29. The van der Waals surface area contributed by atoms with Gasteiger partial charge in [-0.25, -0.2) is 8.78 Å². The normalized spacial score (nSPS) is 17.0. The van der Waals surface area contributed by atoms with E-state index in [4.69, 9.17) is 15.2 Å². The van der Waals surface area contributed by atoms with Crippen LogP contribution in [-0.4, -0.2) is 50.1 Å². The maximum Gasteiger partial charge on any atom is 0.257 e. The molecule has 0 unspecified atom stereocenters. The van der Waals surface area contributed by atoms with Gasteiger partial charge >= 0.3 is 0 Å². The average Bonchev–Trinajstić information content (AvgIpc) is 2.54. The van der Waals surface area contributed by atoms with Gasteiger partial charge in [0.05, 0.1) is 19.3 Å². The van der Waals surface area contributed by atoms with Crippen molar-refractivity contribution in [3.05, 3.63) is 23.8 Å². The third-order valence-electron chi connectivity index (χ3n) is 3.81. The molecule has 0 atom stereocenters. The Labute approximate surface area is 134 Å². The molecule has 0 bridgehead atoms. The molecule has 0 aliphatic carbocycles. The Kier molecular flexibility index (Phi) is 5.76. The molecule has 0 aromatic heterocycles. The molecule has 1 aliphatic heterocycles. The van der Waals surface area contributed by atoms with E-state index in [-0.39, 0.29) is 31.8 Å². The van der Waals surface area contributed by atoms with Gasteiger partial charge in [0, 0.05) is 25.9 Å². The number of nitrogens with two attached hydrogens (primary N) is 1. The first-order valence-corrected chi connectivity index (χ1v) is 7.65. The van der Waals surface area contributed by atoms with E-state index < -0.39 is 5.92 Å². The van der Waals surface area contributed by atoms with Gasteiger partial charge in [0.1, 0.15) is 11.5 Å². The zero-order chi connectivity index (χ0) is 16.9. The number of hydrogen-bond donors (Lipinski definition) is 1. The number of carbonyl (C=O) groups is 1. The molecular weight excluding hydrogens is 306 g/mol. The first-order chi connectivity index (χ1) is 11.0. The SMILES string of the molecule is COc1ccc(OCCCN)c(C(=O)N2CCC(F)(F)CC2)c1. The lowest BCUT2D eigenvalue weighted by Crippen LogP contribution is -2.42. The lowest BCUT2D eigenvalue weighted by molar-refractivity contribution is -0.0494. The van der Waals surface area contributed by atoms with Gasteiger partial charge in [-0.05, 0) is 31.2 Å². The molecule has 1 aromatic rings. The lowest BCUT2D eigenvalue weighted by atomic mass is 10.0. The monoisotopic (exact) mass is 328 g/mol. The number of ether oxygens (including phenoxy) is 2. The van der Waals surface area contributed by atoms with Crippen LogP contribution in [0.25, 0.3) is 0 Å². The van der Waals surface area contributed by atoms with Crippen LogP contribution >= 0.6 is 0 Å². The van der Waals surface area contributed by atoms with Crippen molar-refractivity contribution < 1.29 is 23.0 Å². The number of methoxy groups -OCH3 is 1. The Morgan fingerprint density at radius 2 is 2.04 bits per heavy atom. The van der Waals surface area contributed by atoms with Crippen molar-refractivity contribution in [1.82, 2.24) is 4.90 Å². The van der Waals surface area contributed by atoms with Crippen molar-refractivity contribution in [3.63, 3.8) is 0 Å². The summed E-state index contributed by atoms with van der Waals surface area (Å²) in [5.41, 5.74) is 5.76. The van der Waals surface area contributed by atoms with E-state index in [0.29, 0.717) is 36.6 Å². The number of amides is 1. The fourth-order valence-corrected chi connectivity index (χ4v) is 2.40. The van der Waals surface area contributed by atoms with Crippen LogP contribution in [-0.2, 0) is 0 Å². The van der Waals surface area contributed by atoms with Crippen molar-refractivity contribution in [2.45, 2.75) is 25.2 Å². The first-order valence-electron chi connectivity index (χ1n) is 7.65. The standard InChI is InChI=1S/C16H22F2N2O3/c1-22-12-3-4-14(23-10-2-7-19)13(11-12)15(21)20-8-5-16(17,18)6-9-20/h3-4,11H,2,5-10,19H2,1H3. The van der Waals surface area contributed by atoms with Crippen LogP contribution in [0.3, 0.4) is 0 Å². The number of alkyl halides is 2. The van der Waals surface area contributed by atoms with E-state index >= 15 is 0 Å². The highest BCUT2D eigenvalue weighted by Crippen LogP contribution is 2.31. The van der Waals surface area contributed by atoms with E-state index in [2.05, 4.69) is 0 Å². The second kappa shape index (κ2) is 7.59. The number of nitrogens with zero attached hydrogens (tertiary/aromatic N) is 1. The molecule has 1 fully saturated rings. The van der Waals surface area contributed by atoms with Gasteiger partial charge in [0.25, 0.3) is 11.8 Å². The largest absolute Gasteiger partial charge is 0.497 e. The summed E-state index contributed by atoms with van der Waals surface area (Å²) in [4.78, 5) is 14.1. The van der Waals surface area contributed by atoms with Gasteiger partial charge in [0.2, 0.25) is 0 Å². The van der Waals surface area contributed by atoms with Crippen LogP contribution < -0.4 is 15.2 Å². The fraction of sp³-hybridized carbons (Fsp3) is 0.562. The van der Waals surface area contributed by atoms with Crippen LogP contribution in [0, 0.1) is 0 Å². The van der Waals surface area contributed by atoms with Gasteiger partial charge in [0.15, 0.2) is 0 Å². The number of piperidine rings is 1. The molecule has 1 aliphatic rings. The molecule has 0 saturated carbocycles. The van der Waals surface area contributed by atoms with Gasteiger partial charge in [-0.1, -0.05) is 0 Å². The fourth-order valence-electron chi connectivity index (χ4n) is 2.40. The third kappa shape index (κ3) is 4.54. The quantitative estimate of drug-likeness (QED) is 0.814. The lowest BCUT2D eigenvalue weighted by Gasteiger charge is -2.32. The van der Waals surface area contributed by atoms with Crippen molar-refractivity contribution in [2.24, 2.45) is 5.73 Å². The molecule has 1 amide bonds. The van der Waals surface area contributed by atoms with E-state index in [9.17, 15) is 13.6 Å². The highest BCUT2D eigenvalue weighted by molar-refractivity contribution is 5.97. The summed E-state index contributed by atoms with van der Waals surface area (Å²) in [5, 5.41) is 0. The highest BCUT2D eigenvalue weighted by Gasteiger charge is 2.36. The Morgan fingerprint density at radius 1 is 1.35 bits per heavy atom. The molecule has 7 heteroatoms. The summed E-state index contributed by atoms with van der Waals surface area (Å²) in [6.07, 6.45) is 0.0355. The minimum atomic E-state index is -2.69. The highest BCUT2D eigenvalue weighted by atomic mass is 19.3. The van der Waals surface area contributed by atoms with Crippen molar-refractivity contribution in [1.29, 1.82) is 0 Å². The van der Waals surface area contributed by atoms with E-state index in [1.165, 1.54) is 12.0 Å². The van der Waals surface area contributed by atoms with Crippen LogP contribution in [0.5, 0.6) is 11.5 Å². The molecule has 5 nitrogen and oxygen atoms in total. The van der Waals surface area contributed by atoms with E-state index in [0.717, 1.165) is 0 Å². The van der Waals surface area contributed by atoms with Gasteiger partial charge in [-0.3, -0.25) is 4.79 Å². The molecule has 23 heavy (non-hydrogen) atoms. The second-order valence-corrected chi connectivity index (χ2v) is 5.50. The average molecular weight is 328 g/mol. The van der Waals surface area contributed by atoms with Gasteiger partial charge in [-0.2, -0.15) is 0 Å². The minimum absolute atomic E-state index is 0.0330. The molecule has 0 radical (unpaired) electrons. The maximum absolute atomic E-state index is 13.3. The maximum atomic E-state index is 13.3. The van der Waals surface area contributed by atoms with E-state index in [1.54, 1.807) is 18.2 Å². The van der Waals surface area contributed by atoms with Crippen LogP contribution in [0.15, 0.2) is 18.2 Å². The molecular formula is C16H22F2N2O3. The van der Waals surface area contributed by atoms with Gasteiger partial charge in [-0.15, -0.1) is 0 Å². The smallest absolute Gasteiger partial charge is 0.257 e. The Morgan fingerprint density at radius 3 is 2.65 bits per heavy atom. The van der Waals surface area contributed by atoms with E-state index in [1.807, 2.05) is 0 Å². The molecule has 1 saturated heterocycles. The number of carbonyl (C=O) groups excluding carboxylic acids is 1. The molecule has 2 rings (SSSR count). The van der Waals surface area contributed by atoms with Crippen LogP contribution in [0.1, 0.15) is 29.6 Å². The number of rotatable bonds is 6. The summed E-state index contributed by atoms with van der Waals surface area (Å²) in [5.74, 6) is -2.07. The number of benzene rings is 1. The Hall–Kier alpha value is -1.89. The number of halogens is 2. The Balaban J connectivity index is 2.16. The number of hydrogen-bond acceptors (Lipinski definition) is 4. The van der Waals surface area contributed by atoms with Crippen molar-refractivity contribution >= 4 is 5.91 Å². The second-order valence-electron chi connectivity index (χ2n) is 5.50. The van der Waals surface area contributed by atoms with Crippen LogP contribution in [0.4, 0.5) is 8.78 Å². The summed E-state index contributed by atoms with van der Waals surface area (Å²) in [7, 11) is 1.50. The molecule has 2 N–H and O–H groups in total. The zero-order valence-electron chi connectivity index (χ0n) is 13.2. The van der Waals surface area contributed by atoms with Gasteiger partial charge < -0.3 is 20.1 Å². The number of likely N-dealkylation sites (tertiary alicyclic amines) is 1. The minimum Gasteiger partial charge on any atom is -0.497 e. The predicted molar refractivity (Wildman–Crippen MR) is 82.2 cm³/mol. The molecule has 1 aromatic carbocycles. The molecule has 0 spiro atoms.